The summed E-state index contributed by atoms with van der Waals surface area (Å²) >= 11 is 0. The van der Waals surface area contributed by atoms with Gasteiger partial charge in [0.15, 0.2) is 17.5 Å². The molecule has 3 aromatic rings. The highest BCUT2D eigenvalue weighted by molar-refractivity contribution is 5.97. The molecule has 1 aromatic carbocycles. The van der Waals surface area contributed by atoms with E-state index < -0.39 is 17.7 Å². The Morgan fingerprint density at radius 1 is 1.39 bits per heavy atom. The van der Waals surface area contributed by atoms with E-state index in [0.717, 1.165) is 0 Å². The standard InChI is InChI=1S/C23H22F2N6O2/c1-5-31(10-13(2)26)20-7-6-18(28-23(20)32-4)22-27-19(12-33-29-22)15-11-30(3)21-9-17(25)16(24)8-14(15)21/h1,6-11,19H,12,26H2,2-4H3,(H,27,29)/b13-10-. The Hall–Kier alpha value is -4.10. The average Bonchev–Trinajstić information content (AvgIpc) is 3.12. The molecule has 3 N–H and O–H groups in total. The zero-order valence-electron chi connectivity index (χ0n) is 18.3. The van der Waals surface area contributed by atoms with Gasteiger partial charge in [0.25, 0.3) is 0 Å². The van der Waals surface area contributed by atoms with Crippen molar-refractivity contribution in [2.75, 3.05) is 18.6 Å². The third-order valence-corrected chi connectivity index (χ3v) is 5.12. The third kappa shape index (κ3) is 4.18. The molecule has 1 unspecified atom stereocenters. The minimum absolute atomic E-state index is 0.197. The molecular formula is C23H22F2N6O2. The summed E-state index contributed by atoms with van der Waals surface area (Å²) in [6, 6.07) is 7.82. The SMILES string of the molecule is C#CN(/C=C(/C)N)c1ccc(C2=NC(c3cn(C)c4cc(F)c(F)cc34)CON2)nc1OC. The van der Waals surface area contributed by atoms with Crippen LogP contribution in [0.5, 0.6) is 5.88 Å². The van der Waals surface area contributed by atoms with E-state index in [1.807, 2.05) is 0 Å². The number of aliphatic imine (C=N–C) groups is 1. The molecule has 0 aliphatic carbocycles. The lowest BCUT2D eigenvalue weighted by Crippen LogP contribution is -2.33. The molecule has 10 heteroatoms. The maximum absolute atomic E-state index is 13.9. The zero-order chi connectivity index (χ0) is 23.7. The van der Waals surface area contributed by atoms with E-state index in [4.69, 9.17) is 26.7 Å². The van der Waals surface area contributed by atoms with Crippen LogP contribution in [0.2, 0.25) is 0 Å². The Balaban J connectivity index is 1.73. The molecule has 2 aromatic heterocycles. The molecule has 0 radical (unpaired) electrons. The number of hydrogen-bond acceptors (Lipinski definition) is 7. The summed E-state index contributed by atoms with van der Waals surface area (Å²) in [7, 11) is 3.23. The number of aromatic nitrogens is 2. The van der Waals surface area contributed by atoms with Crippen molar-refractivity contribution >= 4 is 22.4 Å². The highest BCUT2D eigenvalue weighted by Gasteiger charge is 2.24. The lowest BCUT2D eigenvalue weighted by molar-refractivity contribution is 0.0623. The maximum atomic E-state index is 13.9. The number of rotatable bonds is 5. The number of aryl methyl sites for hydroxylation is 1. The van der Waals surface area contributed by atoms with Crippen molar-refractivity contribution in [1.82, 2.24) is 15.0 Å². The van der Waals surface area contributed by atoms with Crippen molar-refractivity contribution in [3.63, 3.8) is 0 Å². The quantitative estimate of drug-likeness (QED) is 0.457. The van der Waals surface area contributed by atoms with Gasteiger partial charge in [-0.3, -0.25) is 14.7 Å². The number of anilines is 1. The first-order valence-corrected chi connectivity index (χ1v) is 9.96. The van der Waals surface area contributed by atoms with Gasteiger partial charge in [0.05, 0.1) is 12.6 Å². The van der Waals surface area contributed by atoms with E-state index in [9.17, 15) is 8.78 Å². The van der Waals surface area contributed by atoms with Crippen molar-refractivity contribution in [2.24, 2.45) is 17.8 Å². The van der Waals surface area contributed by atoms with E-state index in [2.05, 4.69) is 16.5 Å². The molecule has 1 atom stereocenters. The number of nitrogens with zero attached hydrogens (tertiary/aromatic N) is 4. The van der Waals surface area contributed by atoms with Crippen LogP contribution < -0.4 is 20.9 Å². The summed E-state index contributed by atoms with van der Waals surface area (Å²) in [5.41, 5.74) is 11.3. The van der Waals surface area contributed by atoms with E-state index in [-0.39, 0.29) is 12.5 Å². The zero-order valence-corrected chi connectivity index (χ0v) is 18.3. The van der Waals surface area contributed by atoms with Crippen LogP contribution in [0.1, 0.15) is 24.2 Å². The van der Waals surface area contributed by atoms with E-state index in [1.165, 1.54) is 24.1 Å². The fourth-order valence-corrected chi connectivity index (χ4v) is 3.64. The summed E-state index contributed by atoms with van der Waals surface area (Å²) in [6.07, 6.45) is 8.96. The van der Waals surface area contributed by atoms with Gasteiger partial charge >= 0.3 is 0 Å². The lowest BCUT2D eigenvalue weighted by atomic mass is 10.1. The predicted octanol–water partition coefficient (Wildman–Crippen LogP) is 3.10. The molecule has 0 amide bonds. The summed E-state index contributed by atoms with van der Waals surface area (Å²) < 4.78 is 34.8. The molecular weight excluding hydrogens is 430 g/mol. The second-order valence-corrected chi connectivity index (χ2v) is 7.48. The van der Waals surface area contributed by atoms with Crippen LogP contribution in [0.4, 0.5) is 14.5 Å². The van der Waals surface area contributed by atoms with Crippen LogP contribution in [0.3, 0.4) is 0 Å². The summed E-state index contributed by atoms with van der Waals surface area (Å²) in [5, 5.41) is 0.560. The van der Waals surface area contributed by atoms with Gasteiger partial charge in [-0.15, -0.1) is 0 Å². The number of amidine groups is 1. The topological polar surface area (TPSA) is 89.9 Å². The van der Waals surface area contributed by atoms with Crippen LogP contribution in [0.15, 0.2) is 47.4 Å². The second-order valence-electron chi connectivity index (χ2n) is 7.48. The number of fused-ring (bicyclic) bond motifs is 1. The number of benzene rings is 1. The number of nitrogens with two attached hydrogens (primary N) is 1. The maximum Gasteiger partial charge on any atom is 0.239 e. The molecule has 0 bridgehead atoms. The first-order valence-electron chi connectivity index (χ1n) is 9.96. The first-order chi connectivity index (χ1) is 15.8. The Morgan fingerprint density at radius 2 is 2.15 bits per heavy atom. The lowest BCUT2D eigenvalue weighted by Gasteiger charge is -2.22. The van der Waals surface area contributed by atoms with Crippen LogP contribution in [0, 0.1) is 24.1 Å². The molecule has 3 heterocycles. The minimum atomic E-state index is -0.921. The highest BCUT2D eigenvalue weighted by atomic mass is 19.2. The third-order valence-electron chi connectivity index (χ3n) is 5.12. The number of terminal acetylenes is 1. The second kappa shape index (κ2) is 8.80. The Morgan fingerprint density at radius 3 is 2.85 bits per heavy atom. The fraction of sp³-hybridized carbons (Fsp3) is 0.217. The van der Waals surface area contributed by atoms with Crippen molar-refractivity contribution in [3.8, 4) is 18.3 Å². The number of methoxy groups -OCH3 is 1. The van der Waals surface area contributed by atoms with Crippen molar-refractivity contribution in [1.29, 1.82) is 0 Å². The molecule has 0 saturated heterocycles. The normalized spacial score (nSPS) is 16.2. The van der Waals surface area contributed by atoms with Gasteiger partial charge < -0.3 is 15.0 Å². The fourth-order valence-electron chi connectivity index (χ4n) is 3.64. The summed E-state index contributed by atoms with van der Waals surface area (Å²) in [6.45, 7) is 1.91. The van der Waals surface area contributed by atoms with E-state index in [1.54, 1.807) is 43.1 Å². The van der Waals surface area contributed by atoms with Gasteiger partial charge in [0.1, 0.15) is 24.0 Å². The van der Waals surface area contributed by atoms with Crippen molar-refractivity contribution in [2.45, 2.75) is 13.0 Å². The Labute approximate surface area is 189 Å². The molecule has 33 heavy (non-hydrogen) atoms. The van der Waals surface area contributed by atoms with E-state index >= 15 is 0 Å². The van der Waals surface area contributed by atoms with Gasteiger partial charge in [-0.25, -0.2) is 19.2 Å². The number of halogens is 2. The monoisotopic (exact) mass is 452 g/mol. The molecule has 1 aliphatic heterocycles. The first kappa shape index (κ1) is 22.1. The van der Waals surface area contributed by atoms with Crippen LogP contribution in [-0.2, 0) is 11.9 Å². The van der Waals surface area contributed by atoms with Crippen molar-refractivity contribution in [3.05, 3.63) is 65.3 Å². The minimum Gasteiger partial charge on any atom is -0.479 e. The van der Waals surface area contributed by atoms with Crippen LogP contribution >= 0.6 is 0 Å². The number of ether oxygens (including phenoxy) is 1. The van der Waals surface area contributed by atoms with Crippen molar-refractivity contribution < 1.29 is 18.4 Å². The number of nitrogens with one attached hydrogen (secondary N) is 1. The number of hydrogen-bond donors (Lipinski definition) is 2. The van der Waals surface area contributed by atoms with Gasteiger partial charge in [-0.1, -0.05) is 6.42 Å². The Kier molecular flexibility index (Phi) is 5.89. The van der Waals surface area contributed by atoms with E-state index in [0.29, 0.717) is 39.4 Å². The smallest absolute Gasteiger partial charge is 0.239 e. The van der Waals surface area contributed by atoms with Gasteiger partial charge in [0.2, 0.25) is 5.88 Å². The number of pyridine rings is 1. The Bertz CT molecular complexity index is 1320. The summed E-state index contributed by atoms with van der Waals surface area (Å²) in [4.78, 5) is 16.2. The van der Waals surface area contributed by atoms with Crippen LogP contribution in [-0.4, -0.2) is 29.1 Å². The largest absolute Gasteiger partial charge is 0.479 e. The van der Waals surface area contributed by atoms with Gasteiger partial charge in [-0.2, -0.15) is 0 Å². The average molecular weight is 452 g/mol. The molecule has 170 valence electrons. The molecule has 1 aliphatic rings. The molecule has 0 fully saturated rings. The molecule has 0 saturated carbocycles. The molecule has 8 nitrogen and oxygen atoms in total. The number of hydroxylamine groups is 1. The van der Waals surface area contributed by atoms with Crippen LogP contribution in [0.25, 0.3) is 10.9 Å². The molecule has 4 rings (SSSR count). The number of allylic oxidation sites excluding steroid dienone is 1. The molecule has 0 spiro atoms. The summed E-state index contributed by atoms with van der Waals surface area (Å²) in [5.74, 6) is -1.21. The van der Waals surface area contributed by atoms with Gasteiger partial charge in [0, 0.05) is 48.2 Å². The predicted molar refractivity (Wildman–Crippen MR) is 121 cm³/mol. The van der Waals surface area contributed by atoms with Gasteiger partial charge in [-0.05, 0) is 25.1 Å². The highest BCUT2D eigenvalue weighted by Crippen LogP contribution is 2.32.